The molecule has 31 heavy (non-hydrogen) atoms. The van der Waals surface area contributed by atoms with Crippen molar-refractivity contribution in [2.24, 2.45) is 0 Å². The third-order valence-corrected chi connectivity index (χ3v) is 5.29. The van der Waals surface area contributed by atoms with Crippen molar-refractivity contribution in [3.05, 3.63) is 75.9 Å². The Morgan fingerprint density at radius 2 is 1.84 bits per heavy atom. The topological polar surface area (TPSA) is 56.6 Å². The second-order valence-corrected chi connectivity index (χ2v) is 7.92. The van der Waals surface area contributed by atoms with Gasteiger partial charge in [0.2, 0.25) is 0 Å². The third-order valence-electron chi connectivity index (χ3n) is 5.04. The van der Waals surface area contributed by atoms with Crippen molar-refractivity contribution in [3.8, 4) is 0 Å². The van der Waals surface area contributed by atoms with E-state index in [-0.39, 0.29) is 23.9 Å². The number of hydrogen-bond acceptors (Lipinski definition) is 4. The quantitative estimate of drug-likeness (QED) is 0.410. The number of fused-ring (bicyclic) bond motifs is 1. The second kappa shape index (κ2) is 9.96. The van der Waals surface area contributed by atoms with Gasteiger partial charge < -0.3 is 10.3 Å². The van der Waals surface area contributed by atoms with Crippen LogP contribution in [0.1, 0.15) is 48.3 Å². The van der Waals surface area contributed by atoms with Gasteiger partial charge in [-0.2, -0.15) is 18.2 Å². The number of para-hydroxylation sites is 1. The van der Waals surface area contributed by atoms with Crippen molar-refractivity contribution < 1.29 is 23.5 Å². The van der Waals surface area contributed by atoms with Gasteiger partial charge in [-0.25, -0.2) is 0 Å². The number of unbranched alkanes of at least 4 members (excludes halogenated alkanes) is 1. The first-order valence-corrected chi connectivity index (χ1v) is 10.4. The van der Waals surface area contributed by atoms with E-state index >= 15 is 0 Å². The molecular formula is C23H24ClF3N2O2. The molecule has 1 heterocycles. The van der Waals surface area contributed by atoms with Crippen LogP contribution in [0.15, 0.2) is 48.5 Å². The summed E-state index contributed by atoms with van der Waals surface area (Å²) in [6.07, 6.45) is -3.89. The highest BCUT2D eigenvalue weighted by Gasteiger charge is 2.34. The molecule has 166 valence electrons. The Hall–Kier alpha value is -2.19. The third kappa shape index (κ3) is 5.95. The van der Waals surface area contributed by atoms with Gasteiger partial charge in [-0.1, -0.05) is 49.2 Å². The number of alkyl halides is 3. The fourth-order valence-corrected chi connectivity index (χ4v) is 3.59. The second-order valence-electron chi connectivity index (χ2n) is 7.49. The highest BCUT2D eigenvalue weighted by Crippen LogP contribution is 2.36. The summed E-state index contributed by atoms with van der Waals surface area (Å²) in [6.45, 7) is 2.22. The maximum atomic E-state index is 13.6. The molecular weight excluding hydrogens is 429 g/mol. The van der Waals surface area contributed by atoms with Gasteiger partial charge in [-0.05, 0) is 41.8 Å². The maximum Gasteiger partial charge on any atom is 0.418 e. The first-order chi connectivity index (χ1) is 14.7. The summed E-state index contributed by atoms with van der Waals surface area (Å²) in [5.74, 6) is 0. The number of rotatable bonds is 8. The summed E-state index contributed by atoms with van der Waals surface area (Å²) in [7, 11) is 0. The lowest BCUT2D eigenvalue weighted by Crippen LogP contribution is -2.26. The predicted molar refractivity (Wildman–Crippen MR) is 114 cm³/mol. The number of hydrogen-bond donors (Lipinski definition) is 2. The van der Waals surface area contributed by atoms with Crippen LogP contribution in [0.3, 0.4) is 0 Å². The van der Waals surface area contributed by atoms with Crippen LogP contribution < -0.4 is 0 Å². The molecule has 4 nitrogen and oxygen atoms in total. The number of aliphatic hydroxyl groups excluding tert-OH is 1. The van der Waals surface area contributed by atoms with Crippen LogP contribution in [0.5, 0.6) is 0 Å². The Morgan fingerprint density at radius 1 is 1.13 bits per heavy atom. The Kier molecular flexibility index (Phi) is 7.54. The standard InChI is InChI=1S/C23H24ClF3N2O2/c1-2-3-11-29(31)14-21(30)19-13-17(12-15-7-9-16(24)10-8-15)28-22-18(19)5-4-6-20(22)23(25,26)27/h4-10,13,21,30-31H,2-3,11-12,14H2,1H3. The molecule has 1 aromatic heterocycles. The largest absolute Gasteiger partial charge is 0.418 e. The highest BCUT2D eigenvalue weighted by atomic mass is 35.5. The van der Waals surface area contributed by atoms with Gasteiger partial charge in [-0.15, -0.1) is 0 Å². The summed E-state index contributed by atoms with van der Waals surface area (Å²) in [5.41, 5.74) is 0.443. The van der Waals surface area contributed by atoms with E-state index in [1.54, 1.807) is 30.3 Å². The zero-order chi connectivity index (χ0) is 22.6. The van der Waals surface area contributed by atoms with Crippen LogP contribution in [0, 0.1) is 0 Å². The molecule has 0 radical (unpaired) electrons. The lowest BCUT2D eigenvalue weighted by atomic mass is 9.98. The first kappa shape index (κ1) is 23.5. The molecule has 3 rings (SSSR count). The molecule has 1 unspecified atom stereocenters. The SMILES string of the molecule is CCCCN(O)CC(O)c1cc(Cc2ccc(Cl)cc2)nc2c(C(F)(F)F)cccc12. The molecule has 2 N–H and O–H groups in total. The van der Waals surface area contributed by atoms with Crippen LogP contribution in [0.4, 0.5) is 13.2 Å². The predicted octanol–water partition coefficient (Wildman–Crippen LogP) is 6.02. The minimum Gasteiger partial charge on any atom is -0.387 e. The lowest BCUT2D eigenvalue weighted by molar-refractivity contribution is -0.136. The molecule has 3 aromatic rings. The highest BCUT2D eigenvalue weighted by molar-refractivity contribution is 6.30. The molecule has 8 heteroatoms. The minimum absolute atomic E-state index is 0.115. The van der Waals surface area contributed by atoms with E-state index in [0.29, 0.717) is 22.8 Å². The van der Waals surface area contributed by atoms with Crippen molar-refractivity contribution >= 4 is 22.5 Å². The van der Waals surface area contributed by atoms with E-state index in [2.05, 4.69) is 4.98 Å². The zero-order valence-electron chi connectivity index (χ0n) is 17.0. The fraction of sp³-hybridized carbons (Fsp3) is 0.348. The molecule has 0 spiro atoms. The van der Waals surface area contributed by atoms with E-state index in [1.807, 2.05) is 6.92 Å². The van der Waals surface area contributed by atoms with Crippen molar-refractivity contribution in [2.45, 2.75) is 38.5 Å². The van der Waals surface area contributed by atoms with Gasteiger partial charge in [0.25, 0.3) is 0 Å². The lowest BCUT2D eigenvalue weighted by Gasteiger charge is -2.21. The molecule has 1 atom stereocenters. The van der Waals surface area contributed by atoms with Crippen LogP contribution in [0.2, 0.25) is 5.02 Å². The molecule has 0 aliphatic heterocycles. The van der Waals surface area contributed by atoms with Gasteiger partial charge in [0, 0.05) is 29.1 Å². The van der Waals surface area contributed by atoms with E-state index in [1.165, 1.54) is 12.1 Å². The van der Waals surface area contributed by atoms with Crippen LogP contribution in [0.25, 0.3) is 10.9 Å². The van der Waals surface area contributed by atoms with E-state index < -0.39 is 17.8 Å². The molecule has 0 fully saturated rings. The van der Waals surface area contributed by atoms with Crippen LogP contribution in [-0.2, 0) is 12.6 Å². The Labute approximate surface area is 183 Å². The number of pyridine rings is 1. The van der Waals surface area contributed by atoms with E-state index in [0.717, 1.165) is 29.5 Å². The molecule has 0 aliphatic carbocycles. The normalized spacial score (nSPS) is 13.2. The molecule has 0 bridgehead atoms. The van der Waals surface area contributed by atoms with Gasteiger partial charge in [0.1, 0.15) is 0 Å². The summed E-state index contributed by atoms with van der Waals surface area (Å²) in [6, 6.07) is 12.4. The van der Waals surface area contributed by atoms with E-state index in [4.69, 9.17) is 11.6 Å². The summed E-state index contributed by atoms with van der Waals surface area (Å²) in [5, 5.41) is 22.6. The van der Waals surface area contributed by atoms with Crippen molar-refractivity contribution in [1.29, 1.82) is 0 Å². The number of nitrogens with zero attached hydrogens (tertiary/aromatic N) is 2. The van der Waals surface area contributed by atoms with Crippen LogP contribution in [-0.4, -0.2) is 33.5 Å². The van der Waals surface area contributed by atoms with Crippen molar-refractivity contribution in [3.63, 3.8) is 0 Å². The van der Waals surface area contributed by atoms with Gasteiger partial charge in [0.05, 0.1) is 23.7 Å². The van der Waals surface area contributed by atoms with Crippen LogP contribution >= 0.6 is 11.6 Å². The maximum absolute atomic E-state index is 13.6. The Bertz CT molecular complexity index is 1030. The Balaban J connectivity index is 2.06. The number of halogens is 4. The molecule has 0 aliphatic rings. The zero-order valence-corrected chi connectivity index (χ0v) is 17.8. The molecule has 0 saturated heterocycles. The molecule has 2 aromatic carbocycles. The molecule has 0 amide bonds. The average molecular weight is 453 g/mol. The van der Waals surface area contributed by atoms with Gasteiger partial charge >= 0.3 is 6.18 Å². The number of aliphatic hydroxyl groups is 1. The Morgan fingerprint density at radius 3 is 2.48 bits per heavy atom. The van der Waals surface area contributed by atoms with Crippen molar-refractivity contribution in [1.82, 2.24) is 10.0 Å². The smallest absolute Gasteiger partial charge is 0.387 e. The fourth-order valence-electron chi connectivity index (χ4n) is 3.47. The average Bonchev–Trinajstić information content (AvgIpc) is 2.72. The number of aromatic nitrogens is 1. The molecule has 0 saturated carbocycles. The van der Waals surface area contributed by atoms with Gasteiger partial charge in [-0.3, -0.25) is 4.98 Å². The monoisotopic (exact) mass is 452 g/mol. The summed E-state index contributed by atoms with van der Waals surface area (Å²) in [4.78, 5) is 4.29. The van der Waals surface area contributed by atoms with E-state index in [9.17, 15) is 23.5 Å². The summed E-state index contributed by atoms with van der Waals surface area (Å²) < 4.78 is 40.9. The number of hydroxylamine groups is 2. The minimum atomic E-state index is -4.59. The van der Waals surface area contributed by atoms with Gasteiger partial charge in [0.15, 0.2) is 0 Å². The summed E-state index contributed by atoms with van der Waals surface area (Å²) >= 11 is 5.91. The first-order valence-electron chi connectivity index (χ1n) is 10.0. The number of benzene rings is 2. The van der Waals surface area contributed by atoms with Crippen molar-refractivity contribution in [2.75, 3.05) is 13.1 Å².